The van der Waals surface area contributed by atoms with E-state index in [1.54, 1.807) is 18.2 Å². The molecule has 0 amide bonds. The van der Waals surface area contributed by atoms with Crippen molar-refractivity contribution in [1.82, 2.24) is 0 Å². The summed E-state index contributed by atoms with van der Waals surface area (Å²) in [5, 5.41) is 0. The first-order valence-electron chi connectivity index (χ1n) is 7.64. The Morgan fingerprint density at radius 2 is 1.64 bits per heavy atom. The maximum Gasteiger partial charge on any atom is 0.387 e. The van der Waals surface area contributed by atoms with E-state index in [0.29, 0.717) is 22.4 Å². The molecule has 5 heteroatoms. The predicted octanol–water partition coefficient (Wildman–Crippen LogP) is 6.30. The zero-order valence-electron chi connectivity index (χ0n) is 13.2. The maximum atomic E-state index is 12.7. The van der Waals surface area contributed by atoms with Crippen molar-refractivity contribution in [1.29, 1.82) is 0 Å². The van der Waals surface area contributed by atoms with Crippen molar-refractivity contribution in [2.24, 2.45) is 0 Å². The fourth-order valence-corrected chi connectivity index (χ4v) is 2.90. The highest BCUT2D eigenvalue weighted by molar-refractivity contribution is 9.10. The molecule has 0 unspecified atom stereocenters. The standard InChI is InChI=1S/C20H15BrF2O2/c21-18-11-5-10-17(19(18)25-20(22)23)15-8-4-9-16(12-15)24-13-14-6-2-1-3-7-14/h1-12,20H,13H2. The minimum atomic E-state index is -2.89. The van der Waals surface area contributed by atoms with E-state index in [9.17, 15) is 8.78 Å². The van der Waals surface area contributed by atoms with E-state index < -0.39 is 6.61 Å². The second-order valence-electron chi connectivity index (χ2n) is 5.30. The van der Waals surface area contributed by atoms with Crippen LogP contribution in [0, 0.1) is 0 Å². The number of alkyl halides is 2. The molecule has 3 aromatic rings. The van der Waals surface area contributed by atoms with Gasteiger partial charge in [0.1, 0.15) is 18.1 Å². The van der Waals surface area contributed by atoms with Gasteiger partial charge in [-0.25, -0.2) is 0 Å². The highest BCUT2D eigenvalue weighted by atomic mass is 79.9. The summed E-state index contributed by atoms with van der Waals surface area (Å²) in [6.07, 6.45) is 0. The number of ether oxygens (including phenoxy) is 2. The molecule has 25 heavy (non-hydrogen) atoms. The van der Waals surface area contributed by atoms with Crippen LogP contribution in [0.15, 0.2) is 77.3 Å². The van der Waals surface area contributed by atoms with E-state index >= 15 is 0 Å². The Balaban J connectivity index is 1.85. The van der Waals surface area contributed by atoms with Gasteiger partial charge in [-0.05, 0) is 45.3 Å². The zero-order chi connectivity index (χ0) is 17.6. The molecule has 0 N–H and O–H groups in total. The van der Waals surface area contributed by atoms with Gasteiger partial charge >= 0.3 is 6.61 Å². The van der Waals surface area contributed by atoms with E-state index in [-0.39, 0.29) is 5.75 Å². The lowest BCUT2D eigenvalue weighted by Gasteiger charge is -2.14. The van der Waals surface area contributed by atoms with Gasteiger partial charge in [0, 0.05) is 5.56 Å². The number of para-hydroxylation sites is 1. The normalized spacial score (nSPS) is 10.7. The summed E-state index contributed by atoms with van der Waals surface area (Å²) in [7, 11) is 0. The Bertz CT molecular complexity index is 838. The molecule has 0 aliphatic rings. The van der Waals surface area contributed by atoms with Crippen LogP contribution < -0.4 is 9.47 Å². The lowest BCUT2D eigenvalue weighted by atomic mass is 10.0. The molecule has 3 aromatic carbocycles. The molecule has 0 bridgehead atoms. The fourth-order valence-electron chi connectivity index (χ4n) is 2.44. The molecule has 0 aliphatic heterocycles. The van der Waals surface area contributed by atoms with E-state index in [0.717, 1.165) is 11.1 Å². The molecular formula is C20H15BrF2O2. The maximum absolute atomic E-state index is 12.7. The zero-order valence-corrected chi connectivity index (χ0v) is 14.7. The van der Waals surface area contributed by atoms with Gasteiger partial charge < -0.3 is 9.47 Å². The average Bonchev–Trinajstić information content (AvgIpc) is 2.62. The molecular weight excluding hydrogens is 390 g/mol. The van der Waals surface area contributed by atoms with Crippen molar-refractivity contribution < 1.29 is 18.3 Å². The van der Waals surface area contributed by atoms with Crippen molar-refractivity contribution in [3.8, 4) is 22.6 Å². The summed E-state index contributed by atoms with van der Waals surface area (Å²) in [6.45, 7) is -2.46. The van der Waals surface area contributed by atoms with Crippen LogP contribution in [-0.4, -0.2) is 6.61 Å². The van der Waals surface area contributed by atoms with Crippen molar-refractivity contribution in [3.63, 3.8) is 0 Å². The predicted molar refractivity (Wildman–Crippen MR) is 97.0 cm³/mol. The topological polar surface area (TPSA) is 18.5 Å². The van der Waals surface area contributed by atoms with Crippen LogP contribution in [0.2, 0.25) is 0 Å². The third-order valence-corrected chi connectivity index (χ3v) is 4.19. The summed E-state index contributed by atoms with van der Waals surface area (Å²) in [4.78, 5) is 0. The third-order valence-electron chi connectivity index (χ3n) is 3.57. The van der Waals surface area contributed by atoms with Gasteiger partial charge in [0.25, 0.3) is 0 Å². The Labute approximate surface area is 153 Å². The average molecular weight is 405 g/mol. The molecule has 0 saturated heterocycles. The SMILES string of the molecule is FC(F)Oc1c(Br)cccc1-c1cccc(OCc2ccccc2)c1. The van der Waals surface area contributed by atoms with Gasteiger partial charge in [0.2, 0.25) is 0 Å². The second kappa shape index (κ2) is 8.12. The molecule has 0 heterocycles. The first-order valence-corrected chi connectivity index (χ1v) is 8.43. The summed E-state index contributed by atoms with van der Waals surface area (Å²) in [5.41, 5.74) is 2.36. The summed E-state index contributed by atoms with van der Waals surface area (Å²) >= 11 is 3.26. The lowest BCUT2D eigenvalue weighted by Crippen LogP contribution is -2.04. The van der Waals surface area contributed by atoms with E-state index in [1.165, 1.54) is 0 Å². The third kappa shape index (κ3) is 4.57. The largest absolute Gasteiger partial charge is 0.489 e. The molecule has 3 rings (SSSR count). The molecule has 0 fully saturated rings. The van der Waals surface area contributed by atoms with Crippen LogP contribution >= 0.6 is 15.9 Å². The van der Waals surface area contributed by atoms with Gasteiger partial charge in [-0.15, -0.1) is 0 Å². The Hall–Kier alpha value is -2.40. The molecule has 0 radical (unpaired) electrons. The van der Waals surface area contributed by atoms with Gasteiger partial charge in [-0.1, -0.05) is 54.6 Å². The molecule has 2 nitrogen and oxygen atoms in total. The molecule has 0 aliphatic carbocycles. The number of hydrogen-bond acceptors (Lipinski definition) is 2. The quantitative estimate of drug-likeness (QED) is 0.480. The second-order valence-corrected chi connectivity index (χ2v) is 6.15. The van der Waals surface area contributed by atoms with E-state index in [4.69, 9.17) is 4.74 Å². The fraction of sp³-hybridized carbons (Fsp3) is 0.100. The van der Waals surface area contributed by atoms with Gasteiger partial charge in [0.15, 0.2) is 0 Å². The van der Waals surface area contributed by atoms with Crippen LogP contribution in [0.5, 0.6) is 11.5 Å². The molecule has 0 spiro atoms. The monoisotopic (exact) mass is 404 g/mol. The van der Waals surface area contributed by atoms with Crippen LogP contribution in [0.3, 0.4) is 0 Å². The minimum Gasteiger partial charge on any atom is -0.489 e. The Kier molecular flexibility index (Phi) is 5.66. The smallest absolute Gasteiger partial charge is 0.387 e. The highest BCUT2D eigenvalue weighted by Crippen LogP contribution is 2.38. The van der Waals surface area contributed by atoms with E-state index in [2.05, 4.69) is 20.7 Å². The highest BCUT2D eigenvalue weighted by Gasteiger charge is 2.15. The first-order chi connectivity index (χ1) is 12.1. The summed E-state index contributed by atoms with van der Waals surface area (Å²) < 4.78 is 36.4. The van der Waals surface area contributed by atoms with E-state index in [1.807, 2.05) is 54.6 Å². The number of rotatable bonds is 6. The van der Waals surface area contributed by atoms with Crippen molar-refractivity contribution in [2.45, 2.75) is 13.2 Å². The van der Waals surface area contributed by atoms with Gasteiger partial charge in [-0.2, -0.15) is 8.78 Å². The summed E-state index contributed by atoms with van der Waals surface area (Å²) in [6, 6.07) is 22.3. The van der Waals surface area contributed by atoms with Crippen molar-refractivity contribution in [2.75, 3.05) is 0 Å². The number of halogens is 3. The van der Waals surface area contributed by atoms with Crippen LogP contribution in [0.25, 0.3) is 11.1 Å². The number of benzene rings is 3. The number of hydrogen-bond donors (Lipinski definition) is 0. The van der Waals surface area contributed by atoms with Crippen LogP contribution in [0.1, 0.15) is 5.56 Å². The Morgan fingerprint density at radius 1 is 0.880 bits per heavy atom. The van der Waals surface area contributed by atoms with Crippen LogP contribution in [0.4, 0.5) is 8.78 Å². The van der Waals surface area contributed by atoms with Gasteiger partial charge in [-0.3, -0.25) is 0 Å². The lowest BCUT2D eigenvalue weighted by molar-refractivity contribution is -0.0499. The van der Waals surface area contributed by atoms with Crippen LogP contribution in [-0.2, 0) is 6.61 Å². The van der Waals surface area contributed by atoms with Crippen molar-refractivity contribution in [3.05, 3.63) is 82.8 Å². The minimum absolute atomic E-state index is 0.109. The Morgan fingerprint density at radius 3 is 2.40 bits per heavy atom. The molecule has 0 aromatic heterocycles. The van der Waals surface area contributed by atoms with Crippen molar-refractivity contribution >= 4 is 15.9 Å². The summed E-state index contributed by atoms with van der Waals surface area (Å²) in [5.74, 6) is 0.766. The van der Waals surface area contributed by atoms with Gasteiger partial charge in [0.05, 0.1) is 4.47 Å². The molecule has 128 valence electrons. The molecule has 0 saturated carbocycles. The first kappa shape index (κ1) is 17.4. The molecule has 0 atom stereocenters.